The molecule has 1 radical (unpaired) electrons. The zero-order valence-corrected chi connectivity index (χ0v) is 9.00. The molecule has 2 aromatic carbocycles. The molecule has 0 fully saturated rings. The van der Waals surface area contributed by atoms with Crippen LogP contribution in [-0.4, -0.2) is 4.92 Å². The Morgan fingerprint density at radius 2 is 1.94 bits per heavy atom. The summed E-state index contributed by atoms with van der Waals surface area (Å²) in [5, 5.41) is 10.4. The molecular weight excluding hydrogens is 218 g/mol. The summed E-state index contributed by atoms with van der Waals surface area (Å²) < 4.78 is 5.47. The van der Waals surface area contributed by atoms with Crippen molar-refractivity contribution < 1.29 is 9.66 Å². The van der Waals surface area contributed by atoms with Crippen LogP contribution in [0.1, 0.15) is 5.56 Å². The molecule has 0 aliphatic rings. The topological polar surface area (TPSA) is 52.4 Å². The third kappa shape index (κ3) is 3.04. The molecule has 0 heterocycles. The van der Waals surface area contributed by atoms with Crippen LogP contribution in [0, 0.1) is 16.2 Å². The lowest BCUT2D eigenvalue weighted by atomic mass is 10.2. The summed E-state index contributed by atoms with van der Waals surface area (Å²) in [6.45, 7) is 0.437. The van der Waals surface area contributed by atoms with Crippen LogP contribution in [0.25, 0.3) is 0 Å². The van der Waals surface area contributed by atoms with Crippen molar-refractivity contribution in [3.63, 3.8) is 0 Å². The maximum Gasteiger partial charge on any atom is 0.277 e. The Kier molecular flexibility index (Phi) is 3.35. The molecule has 0 spiro atoms. The van der Waals surface area contributed by atoms with Crippen LogP contribution in [0.5, 0.6) is 5.75 Å². The van der Waals surface area contributed by atoms with Gasteiger partial charge in [-0.3, -0.25) is 10.1 Å². The molecule has 17 heavy (non-hydrogen) atoms. The first-order chi connectivity index (χ1) is 8.25. The Morgan fingerprint density at radius 1 is 1.18 bits per heavy atom. The van der Waals surface area contributed by atoms with Crippen molar-refractivity contribution in [3.05, 3.63) is 70.3 Å². The first-order valence-electron chi connectivity index (χ1n) is 5.08. The van der Waals surface area contributed by atoms with Gasteiger partial charge in [-0.1, -0.05) is 30.3 Å². The van der Waals surface area contributed by atoms with Crippen molar-refractivity contribution >= 4 is 5.69 Å². The van der Waals surface area contributed by atoms with Gasteiger partial charge in [0.15, 0.2) is 0 Å². The molecule has 0 bridgehead atoms. The normalized spacial score (nSPS) is 9.88. The van der Waals surface area contributed by atoms with Crippen LogP contribution in [0.4, 0.5) is 5.69 Å². The summed E-state index contributed by atoms with van der Waals surface area (Å²) in [6.07, 6.45) is 0. The van der Waals surface area contributed by atoms with Crippen molar-refractivity contribution in [1.29, 1.82) is 0 Å². The van der Waals surface area contributed by atoms with Gasteiger partial charge in [0.2, 0.25) is 0 Å². The van der Waals surface area contributed by atoms with Crippen LogP contribution in [0.3, 0.4) is 0 Å². The fraction of sp³-hybridized carbons (Fsp3) is 0.0769. The zero-order valence-electron chi connectivity index (χ0n) is 9.00. The number of nitrogens with zero attached hydrogens (tertiary/aromatic N) is 1. The average molecular weight is 228 g/mol. The molecule has 0 unspecified atom stereocenters. The number of rotatable bonds is 4. The van der Waals surface area contributed by atoms with Gasteiger partial charge in [-0.15, -0.1) is 0 Å². The van der Waals surface area contributed by atoms with Gasteiger partial charge in [0.25, 0.3) is 5.69 Å². The van der Waals surface area contributed by atoms with Crippen LogP contribution < -0.4 is 4.74 Å². The van der Waals surface area contributed by atoms with Crippen molar-refractivity contribution in [2.45, 2.75) is 6.61 Å². The van der Waals surface area contributed by atoms with Gasteiger partial charge in [-0.05, 0) is 17.7 Å². The van der Waals surface area contributed by atoms with E-state index in [-0.39, 0.29) is 5.69 Å². The van der Waals surface area contributed by atoms with Crippen LogP contribution in [0.2, 0.25) is 0 Å². The molecule has 4 heteroatoms. The highest BCUT2D eigenvalue weighted by Gasteiger charge is 2.04. The number of hydrogen-bond donors (Lipinski definition) is 0. The lowest BCUT2D eigenvalue weighted by Gasteiger charge is -2.05. The van der Waals surface area contributed by atoms with E-state index in [1.54, 1.807) is 6.07 Å². The Balaban J connectivity index is 1.98. The van der Waals surface area contributed by atoms with Gasteiger partial charge in [0, 0.05) is 6.07 Å². The SMILES string of the molecule is O=[N+]([O-])c1[c]cc(OCc2ccccc2)cc1. The van der Waals surface area contributed by atoms with E-state index in [9.17, 15) is 10.1 Å². The Hall–Kier alpha value is -2.36. The zero-order chi connectivity index (χ0) is 12.1. The number of nitro groups is 1. The maximum atomic E-state index is 10.4. The Morgan fingerprint density at radius 3 is 2.53 bits per heavy atom. The van der Waals surface area contributed by atoms with E-state index in [0.717, 1.165) is 5.56 Å². The molecule has 2 rings (SSSR count). The van der Waals surface area contributed by atoms with E-state index in [0.29, 0.717) is 12.4 Å². The second-order valence-electron chi connectivity index (χ2n) is 3.44. The number of ether oxygens (including phenoxy) is 1. The second-order valence-corrected chi connectivity index (χ2v) is 3.44. The maximum absolute atomic E-state index is 10.4. The number of non-ortho nitro benzene ring substituents is 1. The van der Waals surface area contributed by atoms with Gasteiger partial charge >= 0.3 is 0 Å². The quantitative estimate of drug-likeness (QED) is 0.597. The predicted octanol–water partition coefficient (Wildman–Crippen LogP) is 2.97. The third-order valence-corrected chi connectivity index (χ3v) is 2.21. The van der Waals surface area contributed by atoms with E-state index in [2.05, 4.69) is 6.07 Å². The highest BCUT2D eigenvalue weighted by molar-refractivity contribution is 5.34. The average Bonchev–Trinajstić information content (AvgIpc) is 2.38. The summed E-state index contributed by atoms with van der Waals surface area (Å²) in [5.74, 6) is 0.569. The minimum Gasteiger partial charge on any atom is -0.489 e. The van der Waals surface area contributed by atoms with Crippen molar-refractivity contribution in [2.75, 3.05) is 0 Å². The molecule has 2 aromatic rings. The molecule has 0 saturated carbocycles. The largest absolute Gasteiger partial charge is 0.489 e. The molecule has 0 atom stereocenters. The summed E-state index contributed by atoms with van der Waals surface area (Å²) in [7, 11) is 0. The van der Waals surface area contributed by atoms with Crippen molar-refractivity contribution in [3.8, 4) is 5.75 Å². The van der Waals surface area contributed by atoms with Crippen molar-refractivity contribution in [1.82, 2.24) is 0 Å². The van der Waals surface area contributed by atoms with Gasteiger partial charge in [-0.25, -0.2) is 0 Å². The predicted molar refractivity (Wildman–Crippen MR) is 62.7 cm³/mol. The van der Waals surface area contributed by atoms with E-state index >= 15 is 0 Å². The monoisotopic (exact) mass is 228 g/mol. The Bertz CT molecular complexity index is 494. The van der Waals surface area contributed by atoms with E-state index in [4.69, 9.17) is 4.74 Å². The van der Waals surface area contributed by atoms with E-state index in [1.165, 1.54) is 12.1 Å². The fourth-order valence-corrected chi connectivity index (χ4v) is 1.35. The lowest BCUT2D eigenvalue weighted by Crippen LogP contribution is -1.95. The second kappa shape index (κ2) is 5.12. The summed E-state index contributed by atoms with van der Waals surface area (Å²) in [6, 6.07) is 16.7. The minimum atomic E-state index is -0.485. The summed E-state index contributed by atoms with van der Waals surface area (Å²) in [5.41, 5.74) is 0.989. The Labute approximate surface area is 98.6 Å². The van der Waals surface area contributed by atoms with Crippen LogP contribution >= 0.6 is 0 Å². The molecule has 0 saturated heterocycles. The molecule has 0 aliphatic heterocycles. The highest BCUT2D eigenvalue weighted by Crippen LogP contribution is 2.17. The number of nitro benzene ring substituents is 1. The standard InChI is InChI=1S/C13H10NO3/c15-14(16)12-6-8-13(9-7-12)17-10-11-4-2-1-3-5-11/h1-6,8-9H,10H2. The lowest BCUT2D eigenvalue weighted by molar-refractivity contribution is -0.385. The fourth-order valence-electron chi connectivity index (χ4n) is 1.35. The number of hydrogen-bond acceptors (Lipinski definition) is 3. The third-order valence-electron chi connectivity index (χ3n) is 2.21. The molecular formula is C13H10NO3. The van der Waals surface area contributed by atoms with Gasteiger partial charge in [-0.2, -0.15) is 0 Å². The van der Waals surface area contributed by atoms with E-state index in [1.807, 2.05) is 30.3 Å². The molecule has 4 nitrogen and oxygen atoms in total. The minimum absolute atomic E-state index is 0.0583. The first-order valence-corrected chi connectivity index (χ1v) is 5.08. The van der Waals surface area contributed by atoms with Gasteiger partial charge in [0.1, 0.15) is 12.4 Å². The summed E-state index contributed by atoms with van der Waals surface area (Å²) in [4.78, 5) is 9.94. The number of benzene rings is 2. The molecule has 0 aromatic heterocycles. The van der Waals surface area contributed by atoms with Crippen LogP contribution in [-0.2, 0) is 6.61 Å². The first kappa shape index (κ1) is 11.1. The molecule has 85 valence electrons. The molecule has 0 N–H and O–H groups in total. The van der Waals surface area contributed by atoms with Crippen LogP contribution in [0.15, 0.2) is 48.5 Å². The van der Waals surface area contributed by atoms with Gasteiger partial charge < -0.3 is 4.74 Å². The highest BCUT2D eigenvalue weighted by atomic mass is 16.6. The molecule has 0 aliphatic carbocycles. The smallest absolute Gasteiger partial charge is 0.277 e. The van der Waals surface area contributed by atoms with E-state index < -0.39 is 4.92 Å². The molecule has 0 amide bonds. The van der Waals surface area contributed by atoms with Crippen molar-refractivity contribution in [2.24, 2.45) is 0 Å². The van der Waals surface area contributed by atoms with Gasteiger partial charge in [0.05, 0.1) is 11.0 Å². The summed E-state index contributed by atoms with van der Waals surface area (Å²) >= 11 is 0.